The first-order chi connectivity index (χ1) is 14.6. The molecule has 0 spiro atoms. The summed E-state index contributed by atoms with van der Waals surface area (Å²) < 4.78 is 5.70. The van der Waals surface area contributed by atoms with E-state index < -0.39 is 0 Å². The lowest BCUT2D eigenvalue weighted by Crippen LogP contribution is -2.12. The fraction of sp³-hybridized carbons (Fsp3) is 0.0909. The van der Waals surface area contributed by atoms with Gasteiger partial charge >= 0.3 is 0 Å². The summed E-state index contributed by atoms with van der Waals surface area (Å²) in [6.45, 7) is 2.34. The van der Waals surface area contributed by atoms with Gasteiger partial charge in [-0.1, -0.05) is 12.1 Å². The first-order valence-corrected chi connectivity index (χ1v) is 10.0. The molecule has 0 bridgehead atoms. The molecule has 7 nitrogen and oxygen atoms in total. The van der Waals surface area contributed by atoms with Crippen molar-refractivity contribution in [3.63, 3.8) is 0 Å². The Bertz CT molecular complexity index is 1160. The third kappa shape index (κ3) is 4.79. The van der Waals surface area contributed by atoms with Crippen LogP contribution < -0.4 is 10.1 Å². The van der Waals surface area contributed by atoms with Gasteiger partial charge in [0.15, 0.2) is 5.82 Å². The molecule has 0 radical (unpaired) electrons. The molecule has 2 aromatic carbocycles. The summed E-state index contributed by atoms with van der Waals surface area (Å²) in [7, 11) is 0. The van der Waals surface area contributed by atoms with Gasteiger partial charge in [0.1, 0.15) is 18.1 Å². The van der Waals surface area contributed by atoms with Crippen molar-refractivity contribution in [1.82, 2.24) is 15.0 Å². The van der Waals surface area contributed by atoms with Crippen LogP contribution in [0.3, 0.4) is 0 Å². The highest BCUT2D eigenvalue weighted by Crippen LogP contribution is 2.21. The first-order valence-electron chi connectivity index (χ1n) is 9.13. The zero-order chi connectivity index (χ0) is 20.9. The van der Waals surface area contributed by atoms with Gasteiger partial charge in [-0.25, -0.2) is 15.0 Å². The van der Waals surface area contributed by atoms with Crippen LogP contribution in [0.1, 0.15) is 21.1 Å². The van der Waals surface area contributed by atoms with Gasteiger partial charge in [0.2, 0.25) is 0 Å². The van der Waals surface area contributed by atoms with Crippen molar-refractivity contribution >= 4 is 22.9 Å². The maximum atomic E-state index is 12.5. The molecule has 1 amide bonds. The number of benzene rings is 2. The number of hydrogen-bond donors (Lipinski definition) is 2. The van der Waals surface area contributed by atoms with E-state index in [2.05, 4.69) is 20.3 Å². The van der Waals surface area contributed by atoms with Gasteiger partial charge in [-0.2, -0.15) is 0 Å². The Labute approximate surface area is 177 Å². The standard InChI is InChI=1S/C22H18N4O3S/c1-14-25-18(13-30-14)12-29-20-7-5-15(6-8-20)22(28)26-17-10-23-21(24-11-17)16-3-2-4-19(27)9-16/h2-11,13,27H,12H2,1H3,(H,26,28). The van der Waals surface area contributed by atoms with Crippen LogP contribution in [-0.4, -0.2) is 26.0 Å². The van der Waals surface area contributed by atoms with Gasteiger partial charge in [0, 0.05) is 16.5 Å². The molecule has 30 heavy (non-hydrogen) atoms. The molecule has 0 atom stereocenters. The number of phenols is 1. The second-order valence-corrected chi connectivity index (χ2v) is 7.53. The molecule has 2 aromatic heterocycles. The molecule has 0 aliphatic carbocycles. The lowest BCUT2D eigenvalue weighted by molar-refractivity contribution is 0.102. The lowest BCUT2D eigenvalue weighted by Gasteiger charge is -2.08. The molecule has 4 rings (SSSR count). The van der Waals surface area contributed by atoms with Crippen molar-refractivity contribution in [2.75, 3.05) is 5.32 Å². The molecule has 0 fully saturated rings. The normalized spacial score (nSPS) is 10.6. The van der Waals surface area contributed by atoms with Crippen LogP contribution in [0.4, 0.5) is 5.69 Å². The van der Waals surface area contributed by atoms with Crippen molar-refractivity contribution in [2.24, 2.45) is 0 Å². The average molecular weight is 418 g/mol. The van der Waals surface area contributed by atoms with Gasteiger partial charge in [-0.05, 0) is 43.3 Å². The number of rotatable bonds is 6. The van der Waals surface area contributed by atoms with E-state index in [0.717, 1.165) is 10.7 Å². The maximum absolute atomic E-state index is 12.5. The molecule has 0 aliphatic rings. The topological polar surface area (TPSA) is 97.2 Å². The first kappa shape index (κ1) is 19.5. The fourth-order valence-corrected chi connectivity index (χ4v) is 3.32. The average Bonchev–Trinajstić information content (AvgIpc) is 3.18. The van der Waals surface area contributed by atoms with Crippen LogP contribution in [0.25, 0.3) is 11.4 Å². The highest BCUT2D eigenvalue weighted by atomic mass is 32.1. The SMILES string of the molecule is Cc1nc(COc2ccc(C(=O)Nc3cnc(-c4cccc(O)c4)nc3)cc2)cs1. The van der Waals surface area contributed by atoms with E-state index in [1.807, 2.05) is 12.3 Å². The molecule has 2 heterocycles. The van der Waals surface area contributed by atoms with E-state index >= 15 is 0 Å². The number of hydrogen-bond acceptors (Lipinski definition) is 7. The number of nitrogens with zero attached hydrogens (tertiary/aromatic N) is 3. The Morgan fingerprint density at radius 2 is 1.90 bits per heavy atom. The number of ether oxygens (including phenoxy) is 1. The van der Waals surface area contributed by atoms with E-state index in [4.69, 9.17) is 4.74 Å². The van der Waals surface area contributed by atoms with Gasteiger partial charge in [-0.3, -0.25) is 4.79 Å². The number of nitrogens with one attached hydrogen (secondary N) is 1. The van der Waals surface area contributed by atoms with Crippen LogP contribution in [0.15, 0.2) is 66.3 Å². The van der Waals surface area contributed by atoms with E-state index in [1.54, 1.807) is 59.9 Å². The minimum atomic E-state index is -0.273. The Morgan fingerprint density at radius 3 is 2.57 bits per heavy atom. The van der Waals surface area contributed by atoms with Crippen LogP contribution in [0.5, 0.6) is 11.5 Å². The number of amides is 1. The Hall–Kier alpha value is -3.78. The summed E-state index contributed by atoms with van der Waals surface area (Å²) in [6.07, 6.45) is 3.05. The van der Waals surface area contributed by atoms with Crippen molar-refractivity contribution in [1.29, 1.82) is 0 Å². The highest BCUT2D eigenvalue weighted by molar-refractivity contribution is 7.09. The number of aromatic hydroxyl groups is 1. The number of aryl methyl sites for hydroxylation is 1. The van der Waals surface area contributed by atoms with E-state index in [1.165, 1.54) is 12.4 Å². The van der Waals surface area contributed by atoms with E-state index in [9.17, 15) is 9.90 Å². The summed E-state index contributed by atoms with van der Waals surface area (Å²) in [5.41, 5.74) is 2.54. The van der Waals surface area contributed by atoms with Crippen LogP contribution in [0.2, 0.25) is 0 Å². The maximum Gasteiger partial charge on any atom is 0.255 e. The van der Waals surface area contributed by atoms with Crippen molar-refractivity contribution < 1.29 is 14.6 Å². The highest BCUT2D eigenvalue weighted by Gasteiger charge is 2.09. The van der Waals surface area contributed by atoms with E-state index in [-0.39, 0.29) is 11.7 Å². The molecule has 150 valence electrons. The third-order valence-corrected chi connectivity index (χ3v) is 5.01. The van der Waals surface area contributed by atoms with Crippen molar-refractivity contribution in [3.05, 3.63) is 82.6 Å². The minimum Gasteiger partial charge on any atom is -0.508 e. The largest absolute Gasteiger partial charge is 0.508 e. The number of anilines is 1. The Morgan fingerprint density at radius 1 is 1.13 bits per heavy atom. The summed E-state index contributed by atoms with van der Waals surface area (Å²) in [6, 6.07) is 13.5. The molecule has 0 saturated carbocycles. The molecule has 0 saturated heterocycles. The van der Waals surface area contributed by atoms with Crippen molar-refractivity contribution in [3.8, 4) is 22.9 Å². The number of thiazole rings is 1. The molecular weight excluding hydrogens is 400 g/mol. The smallest absolute Gasteiger partial charge is 0.255 e. The molecular formula is C22H18N4O3S. The summed E-state index contributed by atoms with van der Waals surface area (Å²) in [4.78, 5) is 25.3. The molecule has 8 heteroatoms. The molecule has 0 aliphatic heterocycles. The Balaban J connectivity index is 1.36. The molecule has 4 aromatic rings. The zero-order valence-corrected chi connectivity index (χ0v) is 16.9. The van der Waals surface area contributed by atoms with Crippen molar-refractivity contribution in [2.45, 2.75) is 13.5 Å². The Kier molecular flexibility index (Phi) is 5.67. The second-order valence-electron chi connectivity index (χ2n) is 6.47. The predicted molar refractivity (Wildman–Crippen MR) is 115 cm³/mol. The van der Waals surface area contributed by atoms with Gasteiger partial charge < -0.3 is 15.2 Å². The van der Waals surface area contributed by atoms with Gasteiger partial charge in [0.25, 0.3) is 5.91 Å². The number of carbonyl (C=O) groups is 1. The third-order valence-electron chi connectivity index (χ3n) is 4.18. The van der Waals surface area contributed by atoms with Crippen LogP contribution in [-0.2, 0) is 6.61 Å². The van der Waals surface area contributed by atoms with Crippen LogP contribution in [0, 0.1) is 6.92 Å². The van der Waals surface area contributed by atoms with Gasteiger partial charge in [0.05, 0.1) is 28.8 Å². The summed E-state index contributed by atoms with van der Waals surface area (Å²) in [5.74, 6) is 0.990. The number of phenolic OH excluding ortho intramolecular Hbond substituents is 1. The zero-order valence-electron chi connectivity index (χ0n) is 16.1. The molecule has 2 N–H and O–H groups in total. The summed E-state index contributed by atoms with van der Waals surface area (Å²) >= 11 is 1.58. The van der Waals surface area contributed by atoms with Gasteiger partial charge in [-0.15, -0.1) is 11.3 Å². The minimum absolute atomic E-state index is 0.141. The quantitative estimate of drug-likeness (QED) is 0.480. The fourth-order valence-electron chi connectivity index (χ4n) is 2.72. The number of aromatic nitrogens is 3. The summed E-state index contributed by atoms with van der Waals surface area (Å²) in [5, 5.41) is 15.3. The van der Waals surface area contributed by atoms with Crippen LogP contribution >= 0.6 is 11.3 Å². The molecule has 0 unspecified atom stereocenters. The lowest BCUT2D eigenvalue weighted by atomic mass is 10.2. The van der Waals surface area contributed by atoms with E-state index in [0.29, 0.717) is 35.0 Å². The second kappa shape index (κ2) is 8.71. The monoisotopic (exact) mass is 418 g/mol. The predicted octanol–water partition coefficient (Wildman–Crippen LogP) is 4.45. The number of carbonyl (C=O) groups excluding carboxylic acids is 1.